The highest BCUT2D eigenvalue weighted by Crippen LogP contribution is 2.27. The minimum atomic E-state index is -0.545. The zero-order chi connectivity index (χ0) is 16.4. The van der Waals surface area contributed by atoms with E-state index in [0.29, 0.717) is 26.9 Å². The molecule has 0 spiro atoms. The Hall–Kier alpha value is -2.30. The number of benzene rings is 2. The number of methoxy groups -OCH3 is 1. The molecule has 2 aromatic rings. The molecule has 116 valence electrons. The van der Waals surface area contributed by atoms with Crippen LogP contribution in [0.15, 0.2) is 53.2 Å². The van der Waals surface area contributed by atoms with Crippen molar-refractivity contribution in [2.24, 2.45) is 4.99 Å². The van der Waals surface area contributed by atoms with Crippen molar-refractivity contribution in [2.75, 3.05) is 7.11 Å². The molecular weight excluding hydrogens is 337 g/mol. The van der Waals surface area contributed by atoms with Gasteiger partial charge in [0.1, 0.15) is 5.75 Å². The highest BCUT2D eigenvalue weighted by Gasteiger charge is 2.26. The zero-order valence-electron chi connectivity index (χ0n) is 12.0. The molecule has 0 N–H and O–H groups in total. The van der Waals surface area contributed by atoms with Gasteiger partial charge in [-0.1, -0.05) is 41.4 Å². The number of hydrogen-bond donors (Lipinski definition) is 0. The van der Waals surface area contributed by atoms with Crippen LogP contribution in [0, 0.1) is 0 Å². The van der Waals surface area contributed by atoms with Gasteiger partial charge < -0.3 is 9.47 Å². The lowest BCUT2D eigenvalue weighted by atomic mass is 10.2. The number of rotatable bonds is 3. The van der Waals surface area contributed by atoms with Crippen LogP contribution in [0.25, 0.3) is 6.08 Å². The number of nitrogens with zero attached hydrogens (tertiary/aromatic N) is 1. The van der Waals surface area contributed by atoms with E-state index in [1.54, 1.807) is 43.5 Å². The minimum absolute atomic E-state index is 0.162. The fourth-order valence-corrected chi connectivity index (χ4v) is 2.57. The molecule has 0 fully saturated rings. The largest absolute Gasteiger partial charge is 0.496 e. The number of ether oxygens (including phenoxy) is 2. The van der Waals surface area contributed by atoms with Gasteiger partial charge in [0.15, 0.2) is 5.70 Å². The summed E-state index contributed by atoms with van der Waals surface area (Å²) >= 11 is 12.0. The van der Waals surface area contributed by atoms with E-state index >= 15 is 0 Å². The third-order valence-electron chi connectivity index (χ3n) is 3.21. The maximum atomic E-state index is 12.0. The van der Waals surface area contributed by atoms with Crippen LogP contribution in [0.3, 0.4) is 0 Å². The molecule has 2 aromatic carbocycles. The molecule has 0 unspecified atom stereocenters. The predicted octanol–water partition coefficient (Wildman–Crippen LogP) is 4.35. The van der Waals surface area contributed by atoms with Crippen molar-refractivity contribution in [1.82, 2.24) is 0 Å². The third-order valence-corrected chi connectivity index (χ3v) is 3.78. The summed E-state index contributed by atoms with van der Waals surface area (Å²) in [4.78, 5) is 16.3. The van der Waals surface area contributed by atoms with Crippen molar-refractivity contribution >= 4 is 41.1 Å². The Bertz CT molecular complexity index is 843. The molecule has 0 saturated carbocycles. The van der Waals surface area contributed by atoms with Crippen molar-refractivity contribution in [1.29, 1.82) is 0 Å². The molecule has 4 nitrogen and oxygen atoms in total. The summed E-state index contributed by atoms with van der Waals surface area (Å²) in [5.74, 6) is 0.227. The van der Waals surface area contributed by atoms with Crippen LogP contribution in [0.5, 0.6) is 5.75 Å². The van der Waals surface area contributed by atoms with E-state index in [1.807, 2.05) is 12.1 Å². The monoisotopic (exact) mass is 347 g/mol. The maximum absolute atomic E-state index is 12.0. The summed E-state index contributed by atoms with van der Waals surface area (Å²) in [5, 5.41) is 0.947. The van der Waals surface area contributed by atoms with Crippen LogP contribution in [-0.2, 0) is 9.53 Å². The summed E-state index contributed by atoms with van der Waals surface area (Å²) < 4.78 is 10.5. The Labute approximate surface area is 143 Å². The van der Waals surface area contributed by atoms with Crippen molar-refractivity contribution in [2.45, 2.75) is 0 Å². The quantitative estimate of drug-likeness (QED) is 0.612. The van der Waals surface area contributed by atoms with Crippen molar-refractivity contribution < 1.29 is 14.3 Å². The number of aliphatic imine (C=N–C) groups is 1. The van der Waals surface area contributed by atoms with Crippen molar-refractivity contribution in [3.05, 3.63) is 69.3 Å². The highest BCUT2D eigenvalue weighted by atomic mass is 35.5. The number of carbonyl (C=O) groups is 1. The number of cyclic esters (lactones) is 1. The van der Waals surface area contributed by atoms with E-state index < -0.39 is 5.97 Å². The maximum Gasteiger partial charge on any atom is 0.363 e. The fraction of sp³-hybridized carbons (Fsp3) is 0.0588. The fourth-order valence-electron chi connectivity index (χ4n) is 2.11. The van der Waals surface area contributed by atoms with Gasteiger partial charge in [0.25, 0.3) is 0 Å². The number of hydrogen-bond acceptors (Lipinski definition) is 4. The normalized spacial score (nSPS) is 15.5. The Morgan fingerprint density at radius 1 is 1.17 bits per heavy atom. The molecule has 0 aromatic heterocycles. The van der Waals surface area contributed by atoms with Crippen LogP contribution in [0.4, 0.5) is 0 Å². The Balaban J connectivity index is 2.00. The Kier molecular flexibility index (Phi) is 4.37. The summed E-state index contributed by atoms with van der Waals surface area (Å²) in [5.41, 5.74) is 1.40. The first-order valence-electron chi connectivity index (χ1n) is 6.69. The lowest BCUT2D eigenvalue weighted by Crippen LogP contribution is -2.06. The molecule has 1 aliphatic rings. The van der Waals surface area contributed by atoms with Gasteiger partial charge in [-0.05, 0) is 35.9 Å². The average Bonchev–Trinajstić information content (AvgIpc) is 2.91. The number of esters is 1. The van der Waals surface area contributed by atoms with E-state index in [1.165, 1.54) is 0 Å². The van der Waals surface area contributed by atoms with E-state index in [4.69, 9.17) is 32.7 Å². The topological polar surface area (TPSA) is 47.9 Å². The lowest BCUT2D eigenvalue weighted by Gasteiger charge is -2.05. The second-order valence-corrected chi connectivity index (χ2v) is 5.55. The SMILES string of the molecule is COc1ccccc1C1=NC(=Cc2ccc(Cl)cc2Cl)C(=O)O1. The second-order valence-electron chi connectivity index (χ2n) is 4.70. The smallest absolute Gasteiger partial charge is 0.363 e. The van der Waals surface area contributed by atoms with Gasteiger partial charge in [0.05, 0.1) is 12.7 Å². The van der Waals surface area contributed by atoms with Gasteiger partial charge in [-0.3, -0.25) is 0 Å². The van der Waals surface area contributed by atoms with Crippen LogP contribution >= 0.6 is 23.2 Å². The van der Waals surface area contributed by atoms with Crippen LogP contribution in [0.1, 0.15) is 11.1 Å². The number of para-hydroxylation sites is 1. The molecule has 6 heteroatoms. The third kappa shape index (κ3) is 3.23. The predicted molar refractivity (Wildman–Crippen MR) is 90.1 cm³/mol. The molecule has 23 heavy (non-hydrogen) atoms. The van der Waals surface area contributed by atoms with Crippen LogP contribution in [-0.4, -0.2) is 19.0 Å². The first kappa shape index (κ1) is 15.6. The number of halogens is 2. The van der Waals surface area contributed by atoms with Crippen LogP contribution in [0.2, 0.25) is 10.0 Å². The van der Waals surface area contributed by atoms with Gasteiger partial charge in [-0.2, -0.15) is 0 Å². The van der Waals surface area contributed by atoms with Gasteiger partial charge in [0.2, 0.25) is 5.90 Å². The van der Waals surface area contributed by atoms with Gasteiger partial charge >= 0.3 is 5.97 Å². The van der Waals surface area contributed by atoms with Gasteiger partial charge in [-0.15, -0.1) is 0 Å². The summed E-state index contributed by atoms with van der Waals surface area (Å²) in [6, 6.07) is 12.2. The first-order chi connectivity index (χ1) is 11.1. The first-order valence-corrected chi connectivity index (χ1v) is 7.45. The molecule has 0 bridgehead atoms. The standard InChI is InChI=1S/C17H11Cl2NO3/c1-22-15-5-3-2-4-12(15)16-20-14(17(21)23-16)8-10-6-7-11(18)9-13(10)19/h2-9H,1H3. The molecule has 1 heterocycles. The molecule has 0 aliphatic carbocycles. The van der Waals surface area contributed by atoms with Crippen molar-refractivity contribution in [3.63, 3.8) is 0 Å². The van der Waals surface area contributed by atoms with Gasteiger partial charge in [-0.25, -0.2) is 9.79 Å². The lowest BCUT2D eigenvalue weighted by molar-refractivity contribution is -0.129. The summed E-state index contributed by atoms with van der Waals surface area (Å²) in [7, 11) is 1.54. The molecule has 3 rings (SSSR count). The summed E-state index contributed by atoms with van der Waals surface area (Å²) in [6.07, 6.45) is 1.56. The molecule has 0 amide bonds. The van der Waals surface area contributed by atoms with E-state index in [2.05, 4.69) is 4.99 Å². The minimum Gasteiger partial charge on any atom is -0.496 e. The molecular formula is C17H11Cl2NO3. The average molecular weight is 348 g/mol. The number of carbonyl (C=O) groups excluding carboxylic acids is 1. The molecule has 0 atom stereocenters. The summed E-state index contributed by atoms with van der Waals surface area (Å²) in [6.45, 7) is 0. The molecule has 0 saturated heterocycles. The Morgan fingerprint density at radius 2 is 1.96 bits per heavy atom. The van der Waals surface area contributed by atoms with Crippen LogP contribution < -0.4 is 4.74 Å². The van der Waals surface area contributed by atoms with E-state index in [-0.39, 0.29) is 11.6 Å². The second kappa shape index (κ2) is 6.44. The van der Waals surface area contributed by atoms with Gasteiger partial charge in [0, 0.05) is 10.0 Å². The van der Waals surface area contributed by atoms with E-state index in [0.717, 1.165) is 0 Å². The van der Waals surface area contributed by atoms with Crippen molar-refractivity contribution in [3.8, 4) is 5.75 Å². The highest BCUT2D eigenvalue weighted by molar-refractivity contribution is 6.35. The zero-order valence-corrected chi connectivity index (χ0v) is 13.6. The molecule has 1 aliphatic heterocycles. The van der Waals surface area contributed by atoms with E-state index in [9.17, 15) is 4.79 Å². The molecule has 0 radical (unpaired) electrons. The Morgan fingerprint density at radius 3 is 2.70 bits per heavy atom.